The number of alkyl halides is 1. The summed E-state index contributed by atoms with van der Waals surface area (Å²) in [6, 6.07) is 4.50. The standard InChI is InChI=1S/C14H14N4S2.C10H19NO2.C5H8FNO/c1-8-4-5-12(15-6-8)18-14-17-11(7-19-14)13-9(2)16-10(3)20-13;1-3-4-9-7-10(13-2)5-6-11(9)8-12;6-4-1-5(2-4)7-3-8/h4-7H,1-3H3,(H,15,17,18);8-10H,3-7H2,1-2H3;3-5H,1-2H2,(H,7,8)/t;9-,10-;/m.0./s1. The van der Waals surface area contributed by atoms with E-state index in [0.29, 0.717) is 31.4 Å². The first kappa shape index (κ1) is 32.6. The molecule has 2 amide bonds. The van der Waals surface area contributed by atoms with Crippen LogP contribution in [0.4, 0.5) is 15.3 Å². The molecule has 0 spiro atoms. The molecule has 3 aromatic heterocycles. The number of likely N-dealkylation sites (tertiary alicyclic amines) is 1. The number of piperidine rings is 1. The van der Waals surface area contributed by atoms with Gasteiger partial charge in [0.1, 0.15) is 12.0 Å². The number of aromatic nitrogens is 3. The minimum absolute atomic E-state index is 0.113. The van der Waals surface area contributed by atoms with Gasteiger partial charge in [-0.3, -0.25) is 9.59 Å². The Kier molecular flexibility index (Phi) is 13.1. The van der Waals surface area contributed by atoms with E-state index in [1.165, 1.54) is 0 Å². The van der Waals surface area contributed by atoms with Crippen LogP contribution in [-0.2, 0) is 14.3 Å². The van der Waals surface area contributed by atoms with Crippen molar-refractivity contribution in [2.24, 2.45) is 0 Å². The highest BCUT2D eigenvalue weighted by Gasteiger charge is 2.28. The van der Waals surface area contributed by atoms with Crippen LogP contribution in [0, 0.1) is 20.8 Å². The lowest BCUT2D eigenvalue weighted by Crippen LogP contribution is -2.43. The van der Waals surface area contributed by atoms with Crippen molar-refractivity contribution in [3.05, 3.63) is 40.0 Å². The lowest BCUT2D eigenvalue weighted by atomic mass is 9.91. The molecule has 0 radical (unpaired) electrons. The Morgan fingerprint density at radius 3 is 2.51 bits per heavy atom. The van der Waals surface area contributed by atoms with E-state index in [0.717, 1.165) is 76.4 Å². The number of amides is 2. The number of thiazole rings is 2. The number of methoxy groups -OCH3 is 1. The molecule has 12 heteroatoms. The Morgan fingerprint density at radius 1 is 1.17 bits per heavy atom. The normalized spacial score (nSPS) is 21.4. The number of halogens is 1. The third kappa shape index (κ3) is 10.1. The molecule has 2 N–H and O–H groups in total. The van der Waals surface area contributed by atoms with Gasteiger partial charge in [-0.2, -0.15) is 0 Å². The maximum atomic E-state index is 11.9. The number of rotatable bonds is 9. The summed E-state index contributed by atoms with van der Waals surface area (Å²) in [7, 11) is 1.75. The van der Waals surface area contributed by atoms with E-state index in [2.05, 4.69) is 37.9 Å². The molecule has 0 aromatic carbocycles. The summed E-state index contributed by atoms with van der Waals surface area (Å²) in [6.45, 7) is 9.06. The largest absolute Gasteiger partial charge is 0.381 e. The van der Waals surface area contributed by atoms with E-state index in [9.17, 15) is 14.0 Å². The topological polar surface area (TPSA) is 109 Å². The lowest BCUT2D eigenvalue weighted by Gasteiger charge is -2.36. The monoisotopic (exact) mass is 604 g/mol. The molecule has 3 aromatic rings. The quantitative estimate of drug-likeness (QED) is 0.289. The second kappa shape index (κ2) is 16.5. The minimum atomic E-state index is -0.674. The first-order valence-electron chi connectivity index (χ1n) is 13.9. The predicted octanol–water partition coefficient (Wildman–Crippen LogP) is 5.99. The molecule has 2 fully saturated rings. The molecule has 1 saturated heterocycles. The van der Waals surface area contributed by atoms with E-state index in [1.54, 1.807) is 29.8 Å². The average molecular weight is 605 g/mol. The van der Waals surface area contributed by atoms with Crippen LogP contribution in [-0.4, -0.2) is 70.7 Å². The number of hydrogen-bond acceptors (Lipinski definition) is 9. The summed E-state index contributed by atoms with van der Waals surface area (Å²) < 4.78 is 17.3. The van der Waals surface area contributed by atoms with Gasteiger partial charge in [0.25, 0.3) is 0 Å². The Balaban J connectivity index is 0.000000189. The number of ether oxygens (including phenoxy) is 1. The number of carbonyl (C=O) groups is 2. The Labute approximate surface area is 250 Å². The SMILES string of the molecule is CCC[C@H]1C[C@@H](OC)CCN1C=O.Cc1ccc(Nc2nc(-c3sc(C)nc3C)cs2)nc1.O=CNC1CC(F)C1. The van der Waals surface area contributed by atoms with Crippen molar-refractivity contribution in [2.75, 3.05) is 19.0 Å². The summed E-state index contributed by atoms with van der Waals surface area (Å²) in [5.74, 6) is 0.814. The Bertz CT molecular complexity index is 1220. The summed E-state index contributed by atoms with van der Waals surface area (Å²) in [6.07, 6.45) is 8.33. The molecule has 2 atom stereocenters. The Hall–Kier alpha value is -2.96. The number of hydrogen-bond donors (Lipinski definition) is 2. The lowest BCUT2D eigenvalue weighted by molar-refractivity contribution is -0.123. The van der Waals surface area contributed by atoms with E-state index < -0.39 is 6.17 Å². The molecule has 0 unspecified atom stereocenters. The van der Waals surface area contributed by atoms with Gasteiger partial charge in [-0.15, -0.1) is 22.7 Å². The van der Waals surface area contributed by atoms with Gasteiger partial charge >= 0.3 is 0 Å². The molecular formula is C29H41FN6O3S2. The first-order valence-corrected chi connectivity index (χ1v) is 15.6. The molecule has 2 aliphatic rings. The van der Waals surface area contributed by atoms with Crippen LogP contribution in [0.3, 0.4) is 0 Å². The van der Waals surface area contributed by atoms with Crippen molar-refractivity contribution in [3.8, 4) is 10.6 Å². The van der Waals surface area contributed by atoms with E-state index >= 15 is 0 Å². The predicted molar refractivity (Wildman–Crippen MR) is 164 cm³/mol. The zero-order chi connectivity index (χ0) is 29.8. The van der Waals surface area contributed by atoms with Crippen molar-refractivity contribution in [3.63, 3.8) is 0 Å². The fourth-order valence-electron chi connectivity index (χ4n) is 4.64. The van der Waals surface area contributed by atoms with Gasteiger partial charge in [0.15, 0.2) is 5.13 Å². The minimum Gasteiger partial charge on any atom is -0.381 e. The number of anilines is 2. The summed E-state index contributed by atoms with van der Waals surface area (Å²) in [5.41, 5.74) is 3.16. The molecule has 224 valence electrons. The van der Waals surface area contributed by atoms with Crippen LogP contribution < -0.4 is 10.6 Å². The van der Waals surface area contributed by atoms with Gasteiger partial charge in [0.2, 0.25) is 12.8 Å². The third-order valence-electron chi connectivity index (χ3n) is 6.97. The van der Waals surface area contributed by atoms with Crippen LogP contribution >= 0.6 is 22.7 Å². The van der Waals surface area contributed by atoms with Crippen LogP contribution in [0.25, 0.3) is 10.6 Å². The van der Waals surface area contributed by atoms with Crippen LogP contribution in [0.5, 0.6) is 0 Å². The number of aryl methyl sites for hydroxylation is 3. The van der Waals surface area contributed by atoms with E-state index in [1.807, 2.05) is 44.0 Å². The smallest absolute Gasteiger partial charge is 0.209 e. The van der Waals surface area contributed by atoms with Gasteiger partial charge in [0, 0.05) is 37.3 Å². The second-order valence-corrected chi connectivity index (χ2v) is 12.3. The molecule has 1 saturated carbocycles. The highest BCUT2D eigenvalue weighted by Crippen LogP contribution is 2.32. The zero-order valence-electron chi connectivity index (χ0n) is 24.4. The van der Waals surface area contributed by atoms with Crippen LogP contribution in [0.2, 0.25) is 0 Å². The third-order valence-corrected chi connectivity index (χ3v) is 8.83. The van der Waals surface area contributed by atoms with Gasteiger partial charge in [-0.1, -0.05) is 19.4 Å². The van der Waals surface area contributed by atoms with Crippen molar-refractivity contribution in [2.45, 2.75) is 90.6 Å². The molecule has 4 heterocycles. The fourth-order valence-corrected chi connectivity index (χ4v) is 6.30. The molecule has 41 heavy (non-hydrogen) atoms. The highest BCUT2D eigenvalue weighted by atomic mass is 32.1. The van der Waals surface area contributed by atoms with Crippen molar-refractivity contribution in [1.29, 1.82) is 0 Å². The second-order valence-electron chi connectivity index (χ2n) is 10.2. The first-order chi connectivity index (χ1) is 19.8. The Morgan fingerprint density at radius 2 is 1.95 bits per heavy atom. The highest BCUT2D eigenvalue weighted by molar-refractivity contribution is 7.16. The average Bonchev–Trinajstić information content (AvgIpc) is 3.55. The van der Waals surface area contributed by atoms with Gasteiger partial charge in [-0.05, 0) is 64.5 Å². The maximum Gasteiger partial charge on any atom is 0.209 e. The van der Waals surface area contributed by atoms with Gasteiger partial charge < -0.3 is 20.3 Å². The van der Waals surface area contributed by atoms with Gasteiger partial charge in [0.05, 0.1) is 27.4 Å². The van der Waals surface area contributed by atoms with Crippen LogP contribution in [0.15, 0.2) is 23.7 Å². The summed E-state index contributed by atoms with van der Waals surface area (Å²) in [5, 5.41) is 9.69. The van der Waals surface area contributed by atoms with Crippen LogP contribution in [0.1, 0.15) is 61.7 Å². The van der Waals surface area contributed by atoms with Crippen molar-refractivity contribution in [1.82, 2.24) is 25.2 Å². The van der Waals surface area contributed by atoms with Crippen molar-refractivity contribution >= 4 is 46.4 Å². The molecule has 0 bridgehead atoms. The molecule has 9 nitrogen and oxygen atoms in total. The number of carbonyl (C=O) groups excluding carboxylic acids is 2. The molecule has 1 aliphatic carbocycles. The number of nitrogens with one attached hydrogen (secondary N) is 2. The van der Waals surface area contributed by atoms with E-state index in [-0.39, 0.29) is 6.04 Å². The summed E-state index contributed by atoms with van der Waals surface area (Å²) in [4.78, 5) is 36.8. The number of nitrogens with zero attached hydrogens (tertiary/aromatic N) is 4. The van der Waals surface area contributed by atoms with Gasteiger partial charge in [-0.25, -0.2) is 19.3 Å². The molecule has 1 aliphatic heterocycles. The summed E-state index contributed by atoms with van der Waals surface area (Å²) >= 11 is 3.26. The van der Waals surface area contributed by atoms with E-state index in [4.69, 9.17) is 4.74 Å². The zero-order valence-corrected chi connectivity index (χ0v) is 26.1. The molecular weight excluding hydrogens is 563 g/mol. The molecule has 5 rings (SSSR count). The fraction of sp³-hybridized carbons (Fsp3) is 0.552. The number of pyridine rings is 1. The van der Waals surface area contributed by atoms with Crippen molar-refractivity contribution < 1.29 is 18.7 Å². The maximum absolute atomic E-state index is 11.9.